The van der Waals surface area contributed by atoms with Gasteiger partial charge in [0.25, 0.3) is 0 Å². The fourth-order valence-corrected chi connectivity index (χ4v) is 10.8. The van der Waals surface area contributed by atoms with E-state index in [4.69, 9.17) is 4.42 Å². The minimum Gasteiger partial charge on any atom is -0.455 e. The number of hydrogen-bond acceptors (Lipinski definition) is 1. The summed E-state index contributed by atoms with van der Waals surface area (Å²) in [4.78, 5) is 0. The van der Waals surface area contributed by atoms with Crippen LogP contribution in [0.4, 0.5) is 0 Å². The number of benzene rings is 7. The topological polar surface area (TPSA) is 23.0 Å². The van der Waals surface area contributed by atoms with Crippen LogP contribution in [0.3, 0.4) is 0 Å². The number of rotatable bonds is 3. The molecule has 4 heteroatoms. The summed E-state index contributed by atoms with van der Waals surface area (Å²) in [7, 11) is -1.64. The molecule has 11 rings (SSSR count). The maximum Gasteiger partial charge on any atom is 0.145 e. The first-order valence-corrected chi connectivity index (χ1v) is 21.9. The summed E-state index contributed by atoms with van der Waals surface area (Å²) >= 11 is 0. The summed E-state index contributed by atoms with van der Waals surface area (Å²) in [5, 5.41) is 8.67. The first kappa shape index (κ1) is 29.8. The van der Waals surface area contributed by atoms with E-state index in [1.165, 1.54) is 82.0 Å². The molecule has 0 fully saturated rings. The molecule has 3 heterocycles. The minimum atomic E-state index is -1.64. The van der Waals surface area contributed by atoms with Crippen molar-refractivity contribution in [1.82, 2.24) is 9.13 Å². The fourth-order valence-electron chi connectivity index (χ4n) is 9.37. The highest BCUT2D eigenvalue weighted by molar-refractivity contribution is 6.90. The van der Waals surface area contributed by atoms with Gasteiger partial charge in [-0.3, -0.25) is 0 Å². The van der Waals surface area contributed by atoms with Crippen LogP contribution in [-0.4, -0.2) is 17.2 Å². The number of nitrogens with zero attached hydrogens (tertiary/aromatic N) is 2. The average Bonchev–Trinajstić information content (AvgIpc) is 3.86. The van der Waals surface area contributed by atoms with E-state index in [1.54, 1.807) is 0 Å². The van der Waals surface area contributed by atoms with Crippen LogP contribution in [0, 0.1) is 0 Å². The lowest BCUT2D eigenvalue weighted by Crippen LogP contribution is -2.37. The SMILES string of the molecule is CC1(C)c2ccccc2-c2cc3c4cc(-n5c6ccccc6c6c7oc8c([Si](C)(C)C)cccc8c7ccc65)ccc4n(-c4ccccc4)c3cc21. The van der Waals surface area contributed by atoms with Crippen molar-refractivity contribution in [2.24, 2.45) is 0 Å². The molecule has 0 atom stereocenters. The molecule has 0 saturated carbocycles. The molecule has 0 N–H and O–H groups in total. The van der Waals surface area contributed by atoms with Crippen LogP contribution in [0.2, 0.25) is 19.6 Å². The Morgan fingerprint density at radius 3 is 1.98 bits per heavy atom. The highest BCUT2D eigenvalue weighted by atomic mass is 28.3. The quantitative estimate of drug-likeness (QED) is 0.170. The van der Waals surface area contributed by atoms with Gasteiger partial charge < -0.3 is 13.6 Å². The van der Waals surface area contributed by atoms with Crippen molar-refractivity contribution >= 4 is 78.8 Å². The van der Waals surface area contributed by atoms with Crippen LogP contribution in [0.25, 0.3) is 88.1 Å². The van der Waals surface area contributed by atoms with Gasteiger partial charge in [0.1, 0.15) is 11.2 Å². The van der Waals surface area contributed by atoms with E-state index >= 15 is 0 Å². The molecular formula is C48H38N2OSi. The fraction of sp³-hybridized carbons (Fsp3) is 0.125. The number of fused-ring (bicyclic) bond motifs is 13. The molecule has 0 radical (unpaired) electrons. The summed E-state index contributed by atoms with van der Waals surface area (Å²) in [6.07, 6.45) is 0. The lowest BCUT2D eigenvalue weighted by Gasteiger charge is -2.21. The molecule has 0 spiro atoms. The molecule has 0 saturated heterocycles. The maximum absolute atomic E-state index is 6.97. The predicted octanol–water partition coefficient (Wildman–Crippen LogP) is 12.6. The first-order chi connectivity index (χ1) is 25.2. The lowest BCUT2D eigenvalue weighted by molar-refractivity contribution is 0.661. The van der Waals surface area contributed by atoms with E-state index in [2.05, 4.69) is 182 Å². The molecule has 0 unspecified atom stereocenters. The Bertz CT molecular complexity index is 3130. The number of para-hydroxylation sites is 3. The smallest absolute Gasteiger partial charge is 0.145 e. The highest BCUT2D eigenvalue weighted by Crippen LogP contribution is 2.51. The van der Waals surface area contributed by atoms with Crippen LogP contribution in [0.1, 0.15) is 25.0 Å². The molecule has 0 aliphatic heterocycles. The molecule has 1 aliphatic rings. The molecule has 0 bridgehead atoms. The second kappa shape index (κ2) is 10.1. The summed E-state index contributed by atoms with van der Waals surface area (Å²) < 4.78 is 11.9. The van der Waals surface area contributed by atoms with Crippen molar-refractivity contribution in [2.75, 3.05) is 0 Å². The summed E-state index contributed by atoms with van der Waals surface area (Å²) in [5.74, 6) is 0. The van der Waals surface area contributed by atoms with Gasteiger partial charge in [-0.2, -0.15) is 0 Å². The van der Waals surface area contributed by atoms with E-state index in [9.17, 15) is 0 Å². The van der Waals surface area contributed by atoms with Crippen molar-refractivity contribution in [1.29, 1.82) is 0 Å². The van der Waals surface area contributed by atoms with Crippen molar-refractivity contribution in [3.8, 4) is 22.5 Å². The molecule has 10 aromatic rings. The van der Waals surface area contributed by atoms with Crippen LogP contribution in [-0.2, 0) is 5.41 Å². The Morgan fingerprint density at radius 1 is 0.462 bits per heavy atom. The zero-order valence-electron chi connectivity index (χ0n) is 30.1. The maximum atomic E-state index is 6.97. The molecule has 1 aliphatic carbocycles. The summed E-state index contributed by atoms with van der Waals surface area (Å²) in [6.45, 7) is 11.9. The van der Waals surface area contributed by atoms with Crippen molar-refractivity contribution < 1.29 is 4.42 Å². The Balaban J connectivity index is 1.23. The van der Waals surface area contributed by atoms with Gasteiger partial charge in [-0.1, -0.05) is 112 Å². The minimum absolute atomic E-state index is 0.0793. The third-order valence-electron chi connectivity index (χ3n) is 11.8. The normalized spacial score (nSPS) is 14.0. The standard InChI is InChI=1S/C48H38N2OSi/c1-48(2)38-19-11-9-16-31(38)35-27-37-36-26-30(22-24-41(36)49(43(37)28-39(35)48)29-14-7-6-8-15-29)50-40-20-12-10-17-34(40)45-42(50)25-23-33-32-18-13-21-44(52(3,4)5)46(32)51-47(33)45/h6-28H,1-5H3. The van der Waals surface area contributed by atoms with Gasteiger partial charge in [-0.05, 0) is 88.1 Å². The van der Waals surface area contributed by atoms with E-state index in [1.807, 2.05) is 0 Å². The van der Waals surface area contributed by atoms with E-state index in [0.29, 0.717) is 0 Å². The Hall–Kier alpha value is -5.84. The second-order valence-corrected chi connectivity index (χ2v) is 21.2. The number of hydrogen-bond donors (Lipinski definition) is 0. The van der Waals surface area contributed by atoms with Gasteiger partial charge in [0.2, 0.25) is 0 Å². The third kappa shape index (κ3) is 3.85. The van der Waals surface area contributed by atoms with Gasteiger partial charge in [-0.15, -0.1) is 0 Å². The van der Waals surface area contributed by atoms with Crippen LogP contribution in [0.5, 0.6) is 0 Å². The largest absolute Gasteiger partial charge is 0.455 e. The Morgan fingerprint density at radius 2 is 1.13 bits per heavy atom. The number of furan rings is 1. The Labute approximate surface area is 303 Å². The third-order valence-corrected chi connectivity index (χ3v) is 13.8. The van der Waals surface area contributed by atoms with E-state index in [0.717, 1.165) is 22.4 Å². The molecule has 0 amide bonds. The van der Waals surface area contributed by atoms with E-state index < -0.39 is 8.07 Å². The van der Waals surface area contributed by atoms with Crippen molar-refractivity contribution in [3.63, 3.8) is 0 Å². The van der Waals surface area contributed by atoms with Gasteiger partial charge >= 0.3 is 0 Å². The molecule has 3 nitrogen and oxygen atoms in total. The van der Waals surface area contributed by atoms with Crippen LogP contribution in [0.15, 0.2) is 144 Å². The van der Waals surface area contributed by atoms with Gasteiger partial charge in [0.05, 0.1) is 35.5 Å². The van der Waals surface area contributed by atoms with E-state index in [-0.39, 0.29) is 5.41 Å². The Kier molecular flexibility index (Phi) is 5.82. The molecular weight excluding hydrogens is 649 g/mol. The lowest BCUT2D eigenvalue weighted by atomic mass is 9.82. The predicted molar refractivity (Wildman–Crippen MR) is 223 cm³/mol. The summed E-state index contributed by atoms with van der Waals surface area (Å²) in [5.41, 5.74) is 14.5. The zero-order chi connectivity index (χ0) is 35.1. The van der Waals surface area contributed by atoms with Crippen molar-refractivity contribution in [3.05, 3.63) is 151 Å². The van der Waals surface area contributed by atoms with Gasteiger partial charge in [0, 0.05) is 43.7 Å². The van der Waals surface area contributed by atoms with Crippen LogP contribution >= 0.6 is 0 Å². The first-order valence-electron chi connectivity index (χ1n) is 18.4. The van der Waals surface area contributed by atoms with Gasteiger partial charge in [0.15, 0.2) is 0 Å². The molecule has 3 aromatic heterocycles. The monoisotopic (exact) mass is 686 g/mol. The molecule has 7 aromatic carbocycles. The van der Waals surface area contributed by atoms with Crippen LogP contribution < -0.4 is 5.19 Å². The highest BCUT2D eigenvalue weighted by Gasteiger charge is 2.36. The summed E-state index contributed by atoms with van der Waals surface area (Å²) in [6, 6.07) is 51.8. The molecule has 250 valence electrons. The number of aromatic nitrogens is 2. The van der Waals surface area contributed by atoms with Crippen molar-refractivity contribution in [2.45, 2.75) is 38.9 Å². The molecule has 52 heavy (non-hydrogen) atoms. The average molecular weight is 687 g/mol. The second-order valence-electron chi connectivity index (χ2n) is 16.2. The zero-order valence-corrected chi connectivity index (χ0v) is 31.1. The van der Waals surface area contributed by atoms with Gasteiger partial charge in [-0.25, -0.2) is 0 Å².